The molecule has 0 aliphatic heterocycles. The fraction of sp³-hybridized carbons (Fsp3) is 0. The first-order valence-corrected chi connectivity index (χ1v) is 5.06. The maximum Gasteiger partial charge on any atom is 0.358 e. The molecule has 8 heteroatoms. The van der Waals surface area contributed by atoms with E-state index in [4.69, 9.17) is 21.1 Å². The second-order valence-electron chi connectivity index (χ2n) is 3.12. The van der Waals surface area contributed by atoms with Gasteiger partial charge in [-0.1, -0.05) is 0 Å². The van der Waals surface area contributed by atoms with Gasteiger partial charge in [0, 0.05) is 12.4 Å². The zero-order valence-corrected chi connectivity index (χ0v) is 9.51. The van der Waals surface area contributed by atoms with Gasteiger partial charge in [0.15, 0.2) is 22.5 Å². The highest BCUT2D eigenvalue weighted by molar-refractivity contribution is 6.29. The van der Waals surface area contributed by atoms with Crippen LogP contribution in [0.3, 0.4) is 0 Å². The zero-order chi connectivity index (χ0) is 13.1. The van der Waals surface area contributed by atoms with Gasteiger partial charge in [0.2, 0.25) is 0 Å². The number of nitrogens with one attached hydrogen (secondary N) is 1. The first kappa shape index (κ1) is 12.1. The van der Waals surface area contributed by atoms with Crippen molar-refractivity contribution in [3.63, 3.8) is 0 Å². The Morgan fingerprint density at radius 1 is 1.28 bits per heavy atom. The van der Waals surface area contributed by atoms with Crippen molar-refractivity contribution in [3.8, 4) is 0 Å². The van der Waals surface area contributed by atoms with Crippen LogP contribution in [-0.2, 0) is 0 Å². The summed E-state index contributed by atoms with van der Waals surface area (Å²) in [6.45, 7) is 0. The molecule has 92 valence electrons. The quantitative estimate of drug-likeness (QED) is 0.876. The Balaban J connectivity index is 2.24. The molecule has 2 aromatic heterocycles. The van der Waals surface area contributed by atoms with E-state index >= 15 is 0 Å². The lowest BCUT2D eigenvalue weighted by Gasteiger charge is -2.04. The summed E-state index contributed by atoms with van der Waals surface area (Å²) in [6.07, 6.45) is 2.47. The minimum Gasteiger partial charge on any atom is -0.476 e. The van der Waals surface area contributed by atoms with Crippen molar-refractivity contribution in [1.82, 2.24) is 9.97 Å². The molecule has 0 saturated heterocycles. The summed E-state index contributed by atoms with van der Waals surface area (Å²) in [6, 6.07) is 2.75. The first-order valence-electron chi connectivity index (χ1n) is 4.69. The van der Waals surface area contributed by atoms with E-state index in [2.05, 4.69) is 15.3 Å². The topological polar surface area (TPSA) is 105 Å². The van der Waals surface area contributed by atoms with Gasteiger partial charge in [-0.3, -0.25) is 4.79 Å². The second kappa shape index (κ2) is 4.84. The maximum atomic E-state index is 11.7. The molecule has 2 N–H and O–H groups in total. The van der Waals surface area contributed by atoms with Crippen LogP contribution in [0.1, 0.15) is 21.0 Å². The summed E-state index contributed by atoms with van der Waals surface area (Å²) in [4.78, 5) is 29.8. The number of carboxylic acids is 1. The van der Waals surface area contributed by atoms with Gasteiger partial charge in [0.05, 0.1) is 0 Å². The Labute approximate surface area is 105 Å². The summed E-state index contributed by atoms with van der Waals surface area (Å²) < 4.78 is 4.88. The second-order valence-corrected chi connectivity index (χ2v) is 3.49. The fourth-order valence-corrected chi connectivity index (χ4v) is 1.34. The minimum atomic E-state index is -1.30. The third kappa shape index (κ3) is 2.46. The van der Waals surface area contributed by atoms with E-state index in [9.17, 15) is 9.59 Å². The molecule has 0 saturated carbocycles. The summed E-state index contributed by atoms with van der Waals surface area (Å²) in [5.74, 6) is -2.18. The summed E-state index contributed by atoms with van der Waals surface area (Å²) in [5.41, 5.74) is -0.358. The predicted octanol–water partition coefficient (Wildman–Crippen LogP) is 1.67. The number of halogens is 1. The lowest BCUT2D eigenvalue weighted by atomic mass is 10.3. The smallest absolute Gasteiger partial charge is 0.358 e. The Kier molecular flexibility index (Phi) is 3.24. The van der Waals surface area contributed by atoms with Crippen LogP contribution in [0.4, 0.5) is 5.82 Å². The highest BCUT2D eigenvalue weighted by Gasteiger charge is 2.17. The van der Waals surface area contributed by atoms with Crippen molar-refractivity contribution in [2.75, 3.05) is 5.32 Å². The Morgan fingerprint density at radius 3 is 2.61 bits per heavy atom. The van der Waals surface area contributed by atoms with E-state index in [0.29, 0.717) is 0 Å². The molecule has 1 amide bonds. The maximum absolute atomic E-state index is 11.7. The Bertz CT molecular complexity index is 611. The summed E-state index contributed by atoms with van der Waals surface area (Å²) >= 11 is 5.52. The van der Waals surface area contributed by atoms with Crippen LogP contribution in [0, 0.1) is 0 Å². The number of carboxylic acid groups (broad SMARTS) is 1. The van der Waals surface area contributed by atoms with Crippen LogP contribution in [0.2, 0.25) is 5.22 Å². The average molecular weight is 268 g/mol. The number of aromatic nitrogens is 2. The molecule has 0 spiro atoms. The number of carbonyl (C=O) groups excluding carboxylic acids is 1. The van der Waals surface area contributed by atoms with E-state index in [-0.39, 0.29) is 22.5 Å². The van der Waals surface area contributed by atoms with Crippen LogP contribution in [-0.4, -0.2) is 27.0 Å². The van der Waals surface area contributed by atoms with Gasteiger partial charge in [-0.15, -0.1) is 0 Å². The largest absolute Gasteiger partial charge is 0.476 e. The molecule has 2 heterocycles. The van der Waals surface area contributed by atoms with Gasteiger partial charge < -0.3 is 14.8 Å². The lowest BCUT2D eigenvalue weighted by Crippen LogP contribution is -2.16. The molecule has 0 atom stereocenters. The number of anilines is 1. The normalized spacial score (nSPS) is 10.1. The predicted molar refractivity (Wildman–Crippen MR) is 60.7 cm³/mol. The van der Waals surface area contributed by atoms with Crippen LogP contribution in [0.15, 0.2) is 28.9 Å². The summed E-state index contributed by atoms with van der Waals surface area (Å²) in [5, 5.41) is 11.2. The van der Waals surface area contributed by atoms with Crippen molar-refractivity contribution in [1.29, 1.82) is 0 Å². The van der Waals surface area contributed by atoms with Crippen LogP contribution in [0.5, 0.6) is 0 Å². The van der Waals surface area contributed by atoms with E-state index in [1.165, 1.54) is 24.5 Å². The van der Waals surface area contributed by atoms with Crippen LogP contribution < -0.4 is 5.32 Å². The number of amides is 1. The minimum absolute atomic E-state index is 0.0535. The molecule has 2 aromatic rings. The van der Waals surface area contributed by atoms with E-state index < -0.39 is 11.9 Å². The molecule has 0 aliphatic rings. The standard InChI is InChI=1S/C10H6ClN3O4/c11-6-2-1-5(18-6)9(15)14-8-7(10(16)17)12-3-4-13-8/h1-4H,(H,16,17)(H,13,14,15). The molecule has 0 bridgehead atoms. The third-order valence-corrected chi connectivity index (χ3v) is 2.13. The van der Waals surface area contributed by atoms with Crippen molar-refractivity contribution in [2.45, 2.75) is 0 Å². The number of rotatable bonds is 3. The number of nitrogens with zero attached hydrogens (tertiary/aromatic N) is 2. The molecule has 7 nitrogen and oxygen atoms in total. The van der Waals surface area contributed by atoms with Gasteiger partial charge in [-0.25, -0.2) is 14.8 Å². The number of aromatic carboxylic acids is 1. The first-order chi connectivity index (χ1) is 8.58. The monoisotopic (exact) mass is 267 g/mol. The molecule has 0 aliphatic carbocycles. The van der Waals surface area contributed by atoms with Crippen molar-refractivity contribution in [3.05, 3.63) is 41.2 Å². The SMILES string of the molecule is O=C(Nc1nccnc1C(=O)O)c1ccc(Cl)o1. The fourth-order valence-electron chi connectivity index (χ4n) is 1.19. The van der Waals surface area contributed by atoms with Crippen molar-refractivity contribution in [2.24, 2.45) is 0 Å². The molecule has 2 rings (SSSR count). The van der Waals surface area contributed by atoms with Crippen molar-refractivity contribution < 1.29 is 19.1 Å². The molecular weight excluding hydrogens is 262 g/mol. The number of furan rings is 1. The zero-order valence-electron chi connectivity index (χ0n) is 8.75. The van der Waals surface area contributed by atoms with Crippen LogP contribution >= 0.6 is 11.6 Å². The highest BCUT2D eigenvalue weighted by Crippen LogP contribution is 2.15. The van der Waals surface area contributed by atoms with Gasteiger partial charge in [-0.2, -0.15) is 0 Å². The average Bonchev–Trinajstić information content (AvgIpc) is 2.76. The van der Waals surface area contributed by atoms with Gasteiger partial charge in [0.25, 0.3) is 5.91 Å². The van der Waals surface area contributed by atoms with Crippen molar-refractivity contribution >= 4 is 29.3 Å². The third-order valence-electron chi connectivity index (χ3n) is 1.93. The lowest BCUT2D eigenvalue weighted by molar-refractivity contribution is 0.0691. The number of hydrogen-bond acceptors (Lipinski definition) is 5. The Hall–Kier alpha value is -2.41. The molecule has 18 heavy (non-hydrogen) atoms. The Morgan fingerprint density at radius 2 is 2.00 bits per heavy atom. The van der Waals surface area contributed by atoms with Gasteiger partial charge >= 0.3 is 5.97 Å². The number of carbonyl (C=O) groups is 2. The molecular formula is C10H6ClN3O4. The molecule has 0 aromatic carbocycles. The van der Waals surface area contributed by atoms with Gasteiger partial charge in [-0.05, 0) is 23.7 Å². The highest BCUT2D eigenvalue weighted by atomic mass is 35.5. The van der Waals surface area contributed by atoms with Crippen LogP contribution in [0.25, 0.3) is 0 Å². The molecule has 0 unspecified atom stereocenters. The number of hydrogen-bond donors (Lipinski definition) is 2. The van der Waals surface area contributed by atoms with Gasteiger partial charge in [0.1, 0.15) is 0 Å². The molecule has 0 fully saturated rings. The summed E-state index contributed by atoms with van der Waals surface area (Å²) in [7, 11) is 0. The van der Waals surface area contributed by atoms with E-state index in [0.717, 1.165) is 0 Å². The van der Waals surface area contributed by atoms with E-state index in [1.807, 2.05) is 0 Å². The van der Waals surface area contributed by atoms with E-state index in [1.54, 1.807) is 0 Å². The molecule has 0 radical (unpaired) electrons.